The standard InChI is InChI=1S/C30H36ClN3O6S/c1-21(2)18-32-30(36)22(3)33(19-23-11-13-24(31)14-12-23)29(35)20-34(41(37,38)26-9-7-6-8-10-26)27-17-25(39-4)15-16-28(27)40-5/h6-17,21-22H,18-20H2,1-5H3,(H,32,36)/t22-/m0/s1. The number of methoxy groups -OCH3 is 2. The zero-order valence-electron chi connectivity index (χ0n) is 23.8. The molecule has 0 aliphatic carbocycles. The molecule has 0 radical (unpaired) electrons. The van der Waals surface area contributed by atoms with Crippen molar-refractivity contribution >= 4 is 39.1 Å². The smallest absolute Gasteiger partial charge is 0.264 e. The van der Waals surface area contributed by atoms with Crippen LogP contribution in [-0.2, 0) is 26.2 Å². The summed E-state index contributed by atoms with van der Waals surface area (Å²) in [4.78, 5) is 28.5. The number of halogens is 1. The highest BCUT2D eigenvalue weighted by Gasteiger charge is 2.34. The lowest BCUT2D eigenvalue weighted by molar-refractivity contribution is -0.139. The molecule has 0 unspecified atom stereocenters. The van der Waals surface area contributed by atoms with Gasteiger partial charge in [0.05, 0.1) is 24.8 Å². The summed E-state index contributed by atoms with van der Waals surface area (Å²) in [6, 6.07) is 18.5. The SMILES string of the molecule is COc1ccc(OC)c(N(CC(=O)N(Cc2ccc(Cl)cc2)[C@@H](C)C(=O)NCC(C)C)S(=O)(=O)c2ccccc2)c1. The molecule has 41 heavy (non-hydrogen) atoms. The van der Waals surface area contributed by atoms with Crippen LogP contribution in [0.4, 0.5) is 5.69 Å². The van der Waals surface area contributed by atoms with Crippen molar-refractivity contribution in [1.82, 2.24) is 10.2 Å². The van der Waals surface area contributed by atoms with Gasteiger partial charge in [0.1, 0.15) is 24.1 Å². The minimum absolute atomic E-state index is 0.00958. The number of hydrogen-bond acceptors (Lipinski definition) is 6. The van der Waals surface area contributed by atoms with Gasteiger partial charge >= 0.3 is 0 Å². The van der Waals surface area contributed by atoms with Crippen LogP contribution in [0.25, 0.3) is 0 Å². The maximum absolute atomic E-state index is 14.1. The first kappa shape index (κ1) is 31.8. The van der Waals surface area contributed by atoms with Crippen molar-refractivity contribution in [2.75, 3.05) is 31.6 Å². The van der Waals surface area contributed by atoms with E-state index >= 15 is 0 Å². The monoisotopic (exact) mass is 601 g/mol. The molecular formula is C30H36ClN3O6S. The molecule has 9 nitrogen and oxygen atoms in total. The molecule has 0 fully saturated rings. The van der Waals surface area contributed by atoms with Gasteiger partial charge in [-0.15, -0.1) is 0 Å². The van der Waals surface area contributed by atoms with E-state index in [1.54, 1.807) is 61.5 Å². The Kier molecular flexibility index (Phi) is 11.0. The lowest BCUT2D eigenvalue weighted by Gasteiger charge is -2.32. The topological polar surface area (TPSA) is 105 Å². The van der Waals surface area contributed by atoms with Crippen molar-refractivity contribution in [2.45, 2.75) is 38.3 Å². The Bertz CT molecular complexity index is 1430. The number of carbonyl (C=O) groups is 2. The summed E-state index contributed by atoms with van der Waals surface area (Å²) < 4.78 is 39.8. The Labute approximate surface area is 247 Å². The Morgan fingerprint density at radius 3 is 2.17 bits per heavy atom. The van der Waals surface area contributed by atoms with Gasteiger partial charge in [-0.05, 0) is 54.8 Å². The fourth-order valence-electron chi connectivity index (χ4n) is 4.05. The van der Waals surface area contributed by atoms with E-state index in [2.05, 4.69) is 5.32 Å². The molecule has 0 bridgehead atoms. The molecule has 0 heterocycles. The molecule has 1 atom stereocenters. The van der Waals surface area contributed by atoms with Crippen molar-refractivity contribution in [3.05, 3.63) is 83.4 Å². The molecule has 0 aliphatic rings. The largest absolute Gasteiger partial charge is 0.497 e. The molecule has 11 heteroatoms. The Morgan fingerprint density at radius 1 is 0.927 bits per heavy atom. The quantitative estimate of drug-likeness (QED) is 0.303. The van der Waals surface area contributed by atoms with Crippen LogP contribution in [0.3, 0.4) is 0 Å². The molecule has 3 aromatic rings. The highest BCUT2D eigenvalue weighted by atomic mass is 35.5. The zero-order chi connectivity index (χ0) is 30.2. The molecule has 0 spiro atoms. The van der Waals surface area contributed by atoms with E-state index in [-0.39, 0.29) is 34.7 Å². The third-order valence-corrected chi connectivity index (χ3v) is 8.41. The van der Waals surface area contributed by atoms with Crippen LogP contribution < -0.4 is 19.1 Å². The van der Waals surface area contributed by atoms with Gasteiger partial charge in [0.25, 0.3) is 10.0 Å². The average molecular weight is 602 g/mol. The summed E-state index contributed by atoms with van der Waals surface area (Å²) in [5.74, 6) is -0.126. The van der Waals surface area contributed by atoms with Gasteiger partial charge in [0.15, 0.2) is 0 Å². The number of carbonyl (C=O) groups excluding carboxylic acids is 2. The predicted octanol–water partition coefficient (Wildman–Crippen LogP) is 4.74. The lowest BCUT2D eigenvalue weighted by atomic mass is 10.1. The first-order chi connectivity index (χ1) is 19.5. The number of anilines is 1. The van der Waals surface area contributed by atoms with Crippen molar-refractivity contribution in [3.8, 4) is 11.5 Å². The first-order valence-corrected chi connectivity index (χ1v) is 14.9. The van der Waals surface area contributed by atoms with E-state index in [1.807, 2.05) is 13.8 Å². The second-order valence-electron chi connectivity index (χ2n) is 9.83. The Hall–Kier alpha value is -3.76. The van der Waals surface area contributed by atoms with Gasteiger partial charge in [-0.25, -0.2) is 8.42 Å². The molecule has 220 valence electrons. The minimum atomic E-state index is -4.25. The van der Waals surface area contributed by atoms with Crippen LogP contribution >= 0.6 is 11.6 Å². The van der Waals surface area contributed by atoms with Crippen LogP contribution in [0.15, 0.2) is 77.7 Å². The summed E-state index contributed by atoms with van der Waals surface area (Å²) in [7, 11) is -1.39. The second-order valence-corrected chi connectivity index (χ2v) is 12.1. The number of nitrogens with one attached hydrogen (secondary N) is 1. The van der Waals surface area contributed by atoms with Crippen LogP contribution in [0.5, 0.6) is 11.5 Å². The highest BCUT2D eigenvalue weighted by molar-refractivity contribution is 7.92. The number of amides is 2. The van der Waals surface area contributed by atoms with Crippen molar-refractivity contribution < 1.29 is 27.5 Å². The summed E-state index contributed by atoms with van der Waals surface area (Å²) in [5, 5.41) is 3.39. The number of rotatable bonds is 13. The van der Waals surface area contributed by atoms with E-state index in [9.17, 15) is 18.0 Å². The fourth-order valence-corrected chi connectivity index (χ4v) is 5.61. The van der Waals surface area contributed by atoms with Gasteiger partial charge in [0.2, 0.25) is 11.8 Å². The fraction of sp³-hybridized carbons (Fsp3) is 0.333. The van der Waals surface area contributed by atoms with E-state index in [1.165, 1.54) is 37.3 Å². The molecule has 0 saturated carbocycles. The number of nitrogens with zero attached hydrogens (tertiary/aromatic N) is 2. The first-order valence-electron chi connectivity index (χ1n) is 13.1. The normalized spacial score (nSPS) is 12.0. The molecular weight excluding hydrogens is 566 g/mol. The van der Waals surface area contributed by atoms with E-state index < -0.39 is 28.5 Å². The summed E-state index contributed by atoms with van der Waals surface area (Å²) in [5.41, 5.74) is 0.843. The maximum atomic E-state index is 14.1. The highest BCUT2D eigenvalue weighted by Crippen LogP contribution is 2.36. The van der Waals surface area contributed by atoms with Crippen LogP contribution in [0.1, 0.15) is 26.3 Å². The van der Waals surface area contributed by atoms with Gasteiger partial charge in [-0.1, -0.05) is 55.8 Å². The van der Waals surface area contributed by atoms with Gasteiger partial charge < -0.3 is 19.7 Å². The Balaban J connectivity index is 2.08. The molecule has 2 amide bonds. The number of ether oxygens (including phenoxy) is 2. The average Bonchev–Trinajstić information content (AvgIpc) is 2.97. The number of benzene rings is 3. The predicted molar refractivity (Wildman–Crippen MR) is 160 cm³/mol. The number of hydrogen-bond donors (Lipinski definition) is 1. The van der Waals surface area contributed by atoms with E-state index in [4.69, 9.17) is 21.1 Å². The molecule has 3 rings (SSSR count). The molecule has 3 aromatic carbocycles. The van der Waals surface area contributed by atoms with Gasteiger partial charge in [-0.2, -0.15) is 0 Å². The van der Waals surface area contributed by atoms with Gasteiger partial charge in [-0.3, -0.25) is 13.9 Å². The Morgan fingerprint density at radius 2 is 1.59 bits per heavy atom. The van der Waals surface area contributed by atoms with Gasteiger partial charge in [0, 0.05) is 24.2 Å². The van der Waals surface area contributed by atoms with Crippen LogP contribution in [-0.4, -0.2) is 58.5 Å². The van der Waals surface area contributed by atoms with Crippen LogP contribution in [0, 0.1) is 5.92 Å². The van der Waals surface area contributed by atoms with Crippen molar-refractivity contribution in [2.24, 2.45) is 5.92 Å². The van der Waals surface area contributed by atoms with E-state index in [0.29, 0.717) is 17.3 Å². The summed E-state index contributed by atoms with van der Waals surface area (Å²) in [6.07, 6.45) is 0. The summed E-state index contributed by atoms with van der Waals surface area (Å²) >= 11 is 6.05. The second kappa shape index (κ2) is 14.2. The molecule has 0 aromatic heterocycles. The lowest BCUT2D eigenvalue weighted by Crippen LogP contribution is -2.51. The molecule has 0 saturated heterocycles. The minimum Gasteiger partial charge on any atom is -0.497 e. The van der Waals surface area contributed by atoms with Crippen molar-refractivity contribution in [1.29, 1.82) is 0 Å². The van der Waals surface area contributed by atoms with Crippen molar-refractivity contribution in [3.63, 3.8) is 0 Å². The maximum Gasteiger partial charge on any atom is 0.264 e. The molecule has 1 N–H and O–H groups in total. The molecule has 0 aliphatic heterocycles. The third-order valence-electron chi connectivity index (χ3n) is 6.38. The third kappa shape index (κ3) is 8.14. The summed E-state index contributed by atoms with van der Waals surface area (Å²) in [6.45, 7) is 5.44. The van der Waals surface area contributed by atoms with E-state index in [0.717, 1.165) is 9.87 Å². The van der Waals surface area contributed by atoms with Crippen LogP contribution in [0.2, 0.25) is 5.02 Å². The zero-order valence-corrected chi connectivity index (χ0v) is 25.4. The number of sulfonamides is 1.